The van der Waals surface area contributed by atoms with Gasteiger partial charge in [-0.1, -0.05) is 37.4 Å². The van der Waals surface area contributed by atoms with E-state index in [9.17, 15) is 0 Å². The lowest BCUT2D eigenvalue weighted by Crippen LogP contribution is -2.49. The zero-order valence-corrected chi connectivity index (χ0v) is 17.3. The van der Waals surface area contributed by atoms with Crippen molar-refractivity contribution >= 4 is 18.4 Å². The van der Waals surface area contributed by atoms with Gasteiger partial charge in [-0.25, -0.2) is 9.97 Å². The molecule has 0 amide bonds. The molecule has 0 fully saturated rings. The van der Waals surface area contributed by atoms with Crippen molar-refractivity contribution in [3.8, 4) is 34.4 Å². The van der Waals surface area contributed by atoms with Crippen molar-refractivity contribution in [3.63, 3.8) is 0 Å². The van der Waals surface area contributed by atoms with Gasteiger partial charge in [0.05, 0.1) is 0 Å². The first-order chi connectivity index (χ1) is 14.1. The summed E-state index contributed by atoms with van der Waals surface area (Å²) in [6.07, 6.45) is 3.46. The first kappa shape index (κ1) is 17.6. The molecule has 1 aliphatic heterocycles. The average molecular weight is 397 g/mol. The van der Waals surface area contributed by atoms with Crippen molar-refractivity contribution < 1.29 is 9.47 Å². The molecule has 5 rings (SSSR count). The molecule has 0 saturated heterocycles. The van der Waals surface area contributed by atoms with Crippen molar-refractivity contribution in [2.24, 2.45) is 0 Å². The van der Waals surface area contributed by atoms with E-state index in [1.165, 1.54) is 21.5 Å². The summed E-state index contributed by atoms with van der Waals surface area (Å²) in [7, 11) is -1.75. The van der Waals surface area contributed by atoms with Crippen LogP contribution in [0, 0.1) is 0 Å². The third-order valence-electron chi connectivity index (χ3n) is 5.34. The van der Waals surface area contributed by atoms with Gasteiger partial charge in [0, 0.05) is 24.5 Å². The molecule has 0 N–H and O–H groups in total. The summed E-state index contributed by atoms with van der Waals surface area (Å²) in [5, 5.41) is 2.83. The minimum Gasteiger partial charge on any atom is -0.439 e. The standard InChI is InChI=1S/C24H20N2O2Si/c1-29(2)21-11-9-17(27-23-7-3-5-13-25-23)15-19(21)20-16-18(10-12-22(20)29)28-24-8-4-6-14-26-24/h3-16H,1-2H3. The molecule has 29 heavy (non-hydrogen) atoms. The summed E-state index contributed by atoms with van der Waals surface area (Å²) in [6.45, 7) is 4.77. The van der Waals surface area contributed by atoms with Crippen LogP contribution in [0.5, 0.6) is 23.3 Å². The Labute approximate surface area is 170 Å². The van der Waals surface area contributed by atoms with E-state index >= 15 is 0 Å². The van der Waals surface area contributed by atoms with Crippen LogP contribution in [0.15, 0.2) is 85.2 Å². The van der Waals surface area contributed by atoms with Gasteiger partial charge in [0.25, 0.3) is 0 Å². The van der Waals surface area contributed by atoms with Gasteiger partial charge >= 0.3 is 0 Å². The van der Waals surface area contributed by atoms with Crippen LogP contribution >= 0.6 is 0 Å². The van der Waals surface area contributed by atoms with E-state index in [0.29, 0.717) is 11.8 Å². The predicted octanol–water partition coefficient (Wildman–Crippen LogP) is 4.86. The van der Waals surface area contributed by atoms with E-state index in [1.54, 1.807) is 12.4 Å². The number of hydrogen-bond donors (Lipinski definition) is 0. The van der Waals surface area contributed by atoms with Crippen molar-refractivity contribution in [2.45, 2.75) is 13.1 Å². The maximum atomic E-state index is 5.98. The minimum atomic E-state index is -1.75. The molecule has 0 radical (unpaired) electrons. The molecule has 4 aromatic rings. The molecular formula is C24H20N2O2Si. The zero-order valence-electron chi connectivity index (χ0n) is 16.3. The lowest BCUT2D eigenvalue weighted by Gasteiger charge is -2.19. The van der Waals surface area contributed by atoms with Crippen molar-refractivity contribution in [2.75, 3.05) is 0 Å². The highest BCUT2D eigenvalue weighted by Gasteiger charge is 2.37. The number of hydrogen-bond acceptors (Lipinski definition) is 4. The predicted molar refractivity (Wildman–Crippen MR) is 117 cm³/mol. The summed E-state index contributed by atoms with van der Waals surface area (Å²) in [5.41, 5.74) is 2.44. The number of pyridine rings is 2. The van der Waals surface area contributed by atoms with Gasteiger partial charge < -0.3 is 9.47 Å². The second-order valence-electron chi connectivity index (χ2n) is 7.58. The maximum absolute atomic E-state index is 5.98. The van der Waals surface area contributed by atoms with E-state index < -0.39 is 8.07 Å². The Morgan fingerprint density at radius 1 is 0.621 bits per heavy atom. The number of fused-ring (bicyclic) bond motifs is 3. The Morgan fingerprint density at radius 3 is 1.52 bits per heavy atom. The molecule has 0 saturated carbocycles. The number of ether oxygens (including phenoxy) is 2. The van der Waals surface area contributed by atoms with Crippen LogP contribution in [0.3, 0.4) is 0 Å². The van der Waals surface area contributed by atoms with E-state index in [4.69, 9.17) is 9.47 Å². The fraction of sp³-hybridized carbons (Fsp3) is 0.0833. The van der Waals surface area contributed by atoms with Gasteiger partial charge in [-0.3, -0.25) is 0 Å². The van der Waals surface area contributed by atoms with Crippen LogP contribution in [-0.2, 0) is 0 Å². The Morgan fingerprint density at radius 2 is 1.10 bits per heavy atom. The van der Waals surface area contributed by atoms with Crippen LogP contribution in [0.1, 0.15) is 0 Å². The molecule has 2 aromatic heterocycles. The fourth-order valence-electron chi connectivity index (χ4n) is 3.91. The van der Waals surface area contributed by atoms with E-state index in [2.05, 4.69) is 47.3 Å². The third kappa shape index (κ3) is 3.19. The van der Waals surface area contributed by atoms with Gasteiger partial charge in [-0.2, -0.15) is 0 Å². The Balaban J connectivity index is 1.54. The fourth-order valence-corrected chi connectivity index (χ4v) is 6.96. The summed E-state index contributed by atoms with van der Waals surface area (Å²) in [5.74, 6) is 2.76. The first-order valence-electron chi connectivity index (χ1n) is 9.58. The minimum absolute atomic E-state index is 0.592. The van der Waals surface area contributed by atoms with Crippen LogP contribution in [0.25, 0.3) is 11.1 Å². The van der Waals surface area contributed by atoms with E-state index in [0.717, 1.165) is 11.5 Å². The largest absolute Gasteiger partial charge is 0.439 e. The summed E-state index contributed by atoms with van der Waals surface area (Å²) < 4.78 is 12.0. The highest BCUT2D eigenvalue weighted by molar-refractivity contribution is 7.03. The highest BCUT2D eigenvalue weighted by Crippen LogP contribution is 2.34. The maximum Gasteiger partial charge on any atom is 0.219 e. The highest BCUT2D eigenvalue weighted by atomic mass is 28.3. The van der Waals surface area contributed by atoms with Crippen molar-refractivity contribution in [1.82, 2.24) is 9.97 Å². The number of rotatable bonds is 4. The number of aromatic nitrogens is 2. The molecule has 0 aliphatic carbocycles. The van der Waals surface area contributed by atoms with E-state index in [1.807, 2.05) is 48.5 Å². The third-order valence-corrected chi connectivity index (χ3v) is 8.90. The van der Waals surface area contributed by atoms with E-state index in [-0.39, 0.29) is 0 Å². The SMILES string of the molecule is C[Si]1(C)c2ccc(Oc3ccccn3)cc2-c2cc(Oc3ccccn3)ccc21. The Hall–Kier alpha value is -3.44. The molecule has 1 aliphatic rings. The molecule has 0 atom stereocenters. The molecule has 142 valence electrons. The van der Waals surface area contributed by atoms with Gasteiger partial charge in [-0.05, 0) is 57.9 Å². The zero-order chi connectivity index (χ0) is 19.8. The van der Waals surface area contributed by atoms with Gasteiger partial charge in [0.1, 0.15) is 19.6 Å². The van der Waals surface area contributed by atoms with Crippen molar-refractivity contribution in [3.05, 3.63) is 85.2 Å². The molecular weight excluding hydrogens is 376 g/mol. The molecule has 5 heteroatoms. The molecule has 0 unspecified atom stereocenters. The lowest BCUT2D eigenvalue weighted by molar-refractivity contribution is 0.462. The monoisotopic (exact) mass is 396 g/mol. The molecule has 2 aromatic carbocycles. The van der Waals surface area contributed by atoms with Gasteiger partial charge in [0.15, 0.2) is 0 Å². The lowest BCUT2D eigenvalue weighted by atomic mass is 10.1. The molecule has 4 nitrogen and oxygen atoms in total. The second-order valence-corrected chi connectivity index (χ2v) is 11.9. The van der Waals surface area contributed by atoms with Crippen LogP contribution in [0.4, 0.5) is 0 Å². The summed E-state index contributed by atoms with van der Waals surface area (Å²) in [4.78, 5) is 8.52. The summed E-state index contributed by atoms with van der Waals surface area (Å²) in [6, 6.07) is 24.1. The number of nitrogens with zero attached hydrogens (tertiary/aromatic N) is 2. The molecule has 0 spiro atoms. The molecule has 0 bridgehead atoms. The van der Waals surface area contributed by atoms with Crippen LogP contribution in [-0.4, -0.2) is 18.0 Å². The molecule has 3 heterocycles. The number of benzene rings is 2. The second kappa shape index (κ2) is 6.86. The van der Waals surface area contributed by atoms with Gasteiger partial charge in [0.2, 0.25) is 11.8 Å². The topological polar surface area (TPSA) is 44.2 Å². The average Bonchev–Trinajstić information content (AvgIpc) is 2.96. The normalized spacial score (nSPS) is 13.4. The Kier molecular flexibility index (Phi) is 4.18. The smallest absolute Gasteiger partial charge is 0.219 e. The van der Waals surface area contributed by atoms with Crippen LogP contribution in [0.2, 0.25) is 13.1 Å². The van der Waals surface area contributed by atoms with Crippen molar-refractivity contribution in [1.29, 1.82) is 0 Å². The van der Waals surface area contributed by atoms with Crippen LogP contribution < -0.4 is 19.8 Å². The summed E-state index contributed by atoms with van der Waals surface area (Å²) >= 11 is 0. The quantitative estimate of drug-likeness (QED) is 0.462. The van der Waals surface area contributed by atoms with Gasteiger partial charge in [-0.15, -0.1) is 0 Å². The Bertz CT molecular complexity index is 1090. The first-order valence-corrected chi connectivity index (χ1v) is 12.6.